The van der Waals surface area contributed by atoms with Crippen LogP contribution in [0.2, 0.25) is 0 Å². The first-order valence-corrected chi connectivity index (χ1v) is 12.1. The lowest BCUT2D eigenvalue weighted by Gasteiger charge is -2.65. The van der Waals surface area contributed by atoms with Gasteiger partial charge in [-0.25, -0.2) is 4.98 Å². The SMILES string of the molecule is CC(=N)C1CCCN1CCNC12CC3CC(C1)CC(N(C)c1ccc(C#N)cn1)(C3)C2. The lowest BCUT2D eigenvalue weighted by Crippen LogP contribution is -2.69. The van der Waals surface area contributed by atoms with Gasteiger partial charge in [-0.3, -0.25) is 4.90 Å². The first-order chi connectivity index (χ1) is 14.9. The second-order valence-electron chi connectivity index (χ2n) is 10.8. The van der Waals surface area contributed by atoms with E-state index in [0.29, 0.717) is 11.6 Å². The number of aromatic nitrogens is 1. The second kappa shape index (κ2) is 7.86. The van der Waals surface area contributed by atoms with E-state index in [-0.39, 0.29) is 11.1 Å². The van der Waals surface area contributed by atoms with Gasteiger partial charge in [0.2, 0.25) is 0 Å². The van der Waals surface area contributed by atoms with Crippen LogP contribution in [0, 0.1) is 28.6 Å². The molecule has 3 atom stereocenters. The molecule has 0 aromatic carbocycles. The third-order valence-electron chi connectivity index (χ3n) is 8.72. The molecule has 1 aromatic heterocycles. The fourth-order valence-electron chi connectivity index (χ4n) is 7.76. The van der Waals surface area contributed by atoms with Gasteiger partial charge in [-0.2, -0.15) is 5.26 Å². The number of anilines is 1. The zero-order valence-corrected chi connectivity index (χ0v) is 19.0. The Labute approximate surface area is 186 Å². The molecule has 0 radical (unpaired) electrons. The molecule has 2 heterocycles. The summed E-state index contributed by atoms with van der Waals surface area (Å²) in [5.74, 6) is 2.60. The highest BCUT2D eigenvalue weighted by Gasteiger charge is 2.59. The number of nitriles is 1. The molecule has 4 aliphatic carbocycles. The highest BCUT2D eigenvalue weighted by atomic mass is 15.3. The fourth-order valence-corrected chi connectivity index (χ4v) is 7.76. The second-order valence-corrected chi connectivity index (χ2v) is 10.8. The highest BCUT2D eigenvalue weighted by Crippen LogP contribution is 2.59. The molecule has 6 heteroatoms. The molecular weight excluding hydrogens is 384 g/mol. The molecule has 1 saturated heterocycles. The topological polar surface area (TPSA) is 79.0 Å². The van der Waals surface area contributed by atoms with Gasteiger partial charge in [0.1, 0.15) is 11.9 Å². The minimum Gasteiger partial charge on any atom is -0.354 e. The Morgan fingerprint density at radius 2 is 2.10 bits per heavy atom. The standard InChI is InChI=1S/C25H36N6/c1-18(27)22-4-3-8-31(22)9-7-29-24-11-20-10-21(12-24)14-25(13-20,17-24)30(2)23-6-5-19(15-26)16-28-23/h5-6,16,20-22,27,29H,3-4,7-14,17H2,1-2H3. The molecule has 4 bridgehead atoms. The van der Waals surface area contributed by atoms with E-state index in [9.17, 15) is 0 Å². The molecule has 0 spiro atoms. The molecular formula is C25H36N6. The molecule has 3 unspecified atom stereocenters. The van der Waals surface area contributed by atoms with Crippen LogP contribution in [0.25, 0.3) is 0 Å². The number of nitrogens with zero attached hydrogens (tertiary/aromatic N) is 4. The van der Waals surface area contributed by atoms with Gasteiger partial charge in [-0.1, -0.05) is 0 Å². The van der Waals surface area contributed by atoms with Crippen molar-refractivity contribution in [1.29, 1.82) is 10.7 Å². The molecule has 6 nitrogen and oxygen atoms in total. The van der Waals surface area contributed by atoms with Crippen LogP contribution in [-0.2, 0) is 0 Å². The van der Waals surface area contributed by atoms with Crippen molar-refractivity contribution in [3.63, 3.8) is 0 Å². The van der Waals surface area contributed by atoms with Crippen LogP contribution < -0.4 is 10.2 Å². The van der Waals surface area contributed by atoms with Crippen LogP contribution >= 0.6 is 0 Å². The van der Waals surface area contributed by atoms with E-state index in [1.165, 1.54) is 44.9 Å². The highest BCUT2D eigenvalue weighted by molar-refractivity contribution is 5.84. The third-order valence-corrected chi connectivity index (χ3v) is 8.72. The van der Waals surface area contributed by atoms with Crippen LogP contribution in [0.5, 0.6) is 0 Å². The van der Waals surface area contributed by atoms with Crippen LogP contribution in [-0.4, -0.2) is 59.4 Å². The summed E-state index contributed by atoms with van der Waals surface area (Å²) in [7, 11) is 2.22. The lowest BCUT2D eigenvalue weighted by molar-refractivity contribution is -0.0380. The Bertz CT molecular complexity index is 857. The number of hydrogen-bond donors (Lipinski definition) is 2. The van der Waals surface area contributed by atoms with Crippen molar-refractivity contribution in [1.82, 2.24) is 15.2 Å². The number of rotatable bonds is 7. The number of likely N-dealkylation sites (tertiary alicyclic amines) is 1. The van der Waals surface area contributed by atoms with Crippen LogP contribution in [0.4, 0.5) is 5.82 Å². The summed E-state index contributed by atoms with van der Waals surface area (Å²) >= 11 is 0. The molecule has 166 valence electrons. The van der Waals surface area contributed by atoms with E-state index in [1.807, 2.05) is 19.1 Å². The van der Waals surface area contributed by atoms with Gasteiger partial charge in [0.15, 0.2) is 0 Å². The minimum atomic E-state index is 0.181. The maximum Gasteiger partial charge on any atom is 0.128 e. The normalized spacial score (nSPS) is 36.5. The van der Waals surface area contributed by atoms with E-state index in [1.54, 1.807) is 6.20 Å². The smallest absolute Gasteiger partial charge is 0.128 e. The van der Waals surface area contributed by atoms with Crippen molar-refractivity contribution in [3.8, 4) is 6.07 Å². The fraction of sp³-hybridized carbons (Fsp3) is 0.720. The Morgan fingerprint density at radius 1 is 1.32 bits per heavy atom. The summed E-state index contributed by atoms with van der Waals surface area (Å²) in [6, 6.07) is 6.45. The summed E-state index contributed by atoms with van der Waals surface area (Å²) in [5.41, 5.74) is 1.88. The van der Waals surface area contributed by atoms with E-state index in [4.69, 9.17) is 10.7 Å². The van der Waals surface area contributed by atoms with Crippen LogP contribution in [0.15, 0.2) is 18.3 Å². The zero-order chi connectivity index (χ0) is 21.6. The van der Waals surface area contributed by atoms with E-state index in [0.717, 1.165) is 49.4 Å². The third kappa shape index (κ3) is 3.76. The molecule has 5 fully saturated rings. The first kappa shape index (κ1) is 20.9. The summed E-state index contributed by atoms with van der Waals surface area (Å²) in [4.78, 5) is 9.58. The van der Waals surface area contributed by atoms with Gasteiger partial charge in [0.05, 0.1) is 5.56 Å². The Morgan fingerprint density at radius 3 is 2.74 bits per heavy atom. The number of nitrogens with one attached hydrogen (secondary N) is 2. The molecule has 2 N–H and O–H groups in total. The Balaban J connectivity index is 1.29. The first-order valence-electron chi connectivity index (χ1n) is 12.1. The molecule has 1 aliphatic heterocycles. The van der Waals surface area contributed by atoms with Gasteiger partial charge < -0.3 is 15.6 Å². The van der Waals surface area contributed by atoms with E-state index < -0.39 is 0 Å². The minimum absolute atomic E-state index is 0.181. The molecule has 0 amide bonds. The van der Waals surface area contributed by atoms with E-state index in [2.05, 4.69) is 33.2 Å². The van der Waals surface area contributed by atoms with Crippen molar-refractivity contribution in [2.45, 2.75) is 75.4 Å². The van der Waals surface area contributed by atoms with Crippen molar-refractivity contribution >= 4 is 11.5 Å². The molecule has 31 heavy (non-hydrogen) atoms. The van der Waals surface area contributed by atoms with E-state index >= 15 is 0 Å². The molecule has 6 rings (SSSR count). The van der Waals surface area contributed by atoms with Gasteiger partial charge in [-0.05, 0) is 88.8 Å². The predicted molar refractivity (Wildman–Crippen MR) is 123 cm³/mol. The van der Waals surface area contributed by atoms with Crippen molar-refractivity contribution in [3.05, 3.63) is 23.9 Å². The summed E-state index contributed by atoms with van der Waals surface area (Å²) < 4.78 is 0. The van der Waals surface area contributed by atoms with Crippen LogP contribution in [0.1, 0.15) is 63.9 Å². The van der Waals surface area contributed by atoms with Gasteiger partial charge in [-0.15, -0.1) is 0 Å². The number of hydrogen-bond acceptors (Lipinski definition) is 6. The zero-order valence-electron chi connectivity index (χ0n) is 19.0. The monoisotopic (exact) mass is 420 g/mol. The molecule has 1 aromatic rings. The van der Waals surface area contributed by atoms with Crippen molar-refractivity contribution < 1.29 is 0 Å². The predicted octanol–water partition coefficient (Wildman–Crippen LogP) is 3.57. The van der Waals surface area contributed by atoms with Gasteiger partial charge in [0.25, 0.3) is 0 Å². The quantitative estimate of drug-likeness (QED) is 0.659. The van der Waals surface area contributed by atoms with Gasteiger partial charge >= 0.3 is 0 Å². The molecule has 4 saturated carbocycles. The molecule has 5 aliphatic rings. The van der Waals surface area contributed by atoms with Gasteiger partial charge in [0, 0.05) is 49.2 Å². The Kier molecular flexibility index (Phi) is 5.30. The average Bonchev–Trinajstić information content (AvgIpc) is 3.21. The van der Waals surface area contributed by atoms with Crippen molar-refractivity contribution in [2.75, 3.05) is 31.6 Å². The van der Waals surface area contributed by atoms with Crippen molar-refractivity contribution in [2.24, 2.45) is 11.8 Å². The average molecular weight is 421 g/mol. The van der Waals surface area contributed by atoms with Crippen LogP contribution in [0.3, 0.4) is 0 Å². The largest absolute Gasteiger partial charge is 0.354 e. The maximum atomic E-state index is 9.11. The Hall–Kier alpha value is -1.97. The summed E-state index contributed by atoms with van der Waals surface area (Å²) in [5, 5.41) is 21.3. The number of pyridine rings is 1. The summed E-state index contributed by atoms with van der Waals surface area (Å²) in [6.07, 6.45) is 11.8. The maximum absolute atomic E-state index is 9.11. The summed E-state index contributed by atoms with van der Waals surface area (Å²) in [6.45, 7) is 5.18. The lowest BCUT2D eigenvalue weighted by atomic mass is 9.49.